The second kappa shape index (κ2) is 7.58. The van der Waals surface area contributed by atoms with E-state index in [0.717, 1.165) is 12.1 Å². The molecule has 0 saturated heterocycles. The number of hydrogen-bond acceptors (Lipinski definition) is 3. The highest BCUT2D eigenvalue weighted by Crippen LogP contribution is 2.19. The molecule has 0 radical (unpaired) electrons. The van der Waals surface area contributed by atoms with Crippen molar-refractivity contribution in [3.8, 4) is 0 Å². The molecule has 3 rings (SSSR count). The van der Waals surface area contributed by atoms with Crippen LogP contribution < -0.4 is 15.8 Å². The number of halogens is 3. The molecule has 9 heteroatoms. The Balaban J connectivity index is 1.67. The van der Waals surface area contributed by atoms with Crippen LogP contribution >= 0.6 is 0 Å². The molecule has 6 nitrogen and oxygen atoms in total. The molecule has 0 aliphatic rings. The number of carbonyl (C=O) groups excluding carboxylic acids is 1. The highest BCUT2D eigenvalue weighted by Gasteiger charge is 2.18. The van der Waals surface area contributed by atoms with Crippen LogP contribution in [0.1, 0.15) is 5.82 Å². The van der Waals surface area contributed by atoms with E-state index in [1.165, 1.54) is 0 Å². The average molecular weight is 377 g/mol. The van der Waals surface area contributed by atoms with Crippen LogP contribution in [0.3, 0.4) is 0 Å². The minimum Gasteiger partial charge on any atom is -0.323 e. The number of para-hydroxylation sites is 1. The molecular formula is C18H16F3N4O2+. The average Bonchev–Trinajstić information content (AvgIpc) is 2.62. The van der Waals surface area contributed by atoms with Crippen LogP contribution in [0, 0.1) is 17.5 Å². The van der Waals surface area contributed by atoms with E-state index in [4.69, 9.17) is 0 Å². The fourth-order valence-corrected chi connectivity index (χ4v) is 2.66. The maximum absolute atomic E-state index is 13.6. The van der Waals surface area contributed by atoms with Gasteiger partial charge in [0.1, 0.15) is 6.54 Å². The van der Waals surface area contributed by atoms with Crippen molar-refractivity contribution < 1.29 is 22.9 Å². The molecule has 3 N–H and O–H groups in total. The van der Waals surface area contributed by atoms with E-state index in [-0.39, 0.29) is 18.6 Å². The molecule has 2 aromatic carbocycles. The van der Waals surface area contributed by atoms with Crippen molar-refractivity contribution in [2.24, 2.45) is 0 Å². The third kappa shape index (κ3) is 4.14. The Bertz CT molecular complexity index is 1070. The first-order valence-electron chi connectivity index (χ1n) is 8.07. The summed E-state index contributed by atoms with van der Waals surface area (Å²) in [5.74, 6) is -4.64. The lowest BCUT2D eigenvalue weighted by Gasteiger charge is -2.14. The Morgan fingerprint density at radius 1 is 1.15 bits per heavy atom. The number of benzene rings is 2. The first kappa shape index (κ1) is 18.6. The first-order valence-corrected chi connectivity index (χ1v) is 8.07. The van der Waals surface area contributed by atoms with Crippen molar-refractivity contribution in [3.63, 3.8) is 0 Å². The van der Waals surface area contributed by atoms with E-state index < -0.39 is 29.0 Å². The second-order valence-electron chi connectivity index (χ2n) is 6.11. The van der Waals surface area contributed by atoms with Crippen LogP contribution in [0.5, 0.6) is 0 Å². The zero-order valence-electron chi connectivity index (χ0n) is 14.3. The Labute approximate surface area is 151 Å². The zero-order chi connectivity index (χ0) is 19.6. The fourth-order valence-electron chi connectivity index (χ4n) is 2.66. The summed E-state index contributed by atoms with van der Waals surface area (Å²) in [6.45, 7) is 0.128. The Hall–Kier alpha value is -3.20. The molecule has 0 aliphatic carbocycles. The van der Waals surface area contributed by atoms with E-state index in [1.54, 1.807) is 31.3 Å². The third-order valence-electron chi connectivity index (χ3n) is 3.90. The number of rotatable bonds is 5. The van der Waals surface area contributed by atoms with Gasteiger partial charge >= 0.3 is 0 Å². The van der Waals surface area contributed by atoms with Gasteiger partial charge in [0.2, 0.25) is 0 Å². The number of nitrogens with zero attached hydrogens (tertiary/aromatic N) is 1. The summed E-state index contributed by atoms with van der Waals surface area (Å²) in [5.41, 5.74) is -0.182. The number of nitrogens with one attached hydrogen (secondary N) is 3. The van der Waals surface area contributed by atoms with Crippen molar-refractivity contribution in [3.05, 3.63) is 70.0 Å². The Morgan fingerprint density at radius 3 is 2.67 bits per heavy atom. The van der Waals surface area contributed by atoms with Crippen LogP contribution in [0.4, 0.5) is 18.9 Å². The smallest absolute Gasteiger partial charge is 0.279 e. The van der Waals surface area contributed by atoms with E-state index in [2.05, 4.69) is 15.3 Å². The molecule has 1 heterocycles. The minimum absolute atomic E-state index is 0.102. The molecule has 0 aliphatic heterocycles. The molecule has 0 bridgehead atoms. The van der Waals surface area contributed by atoms with Crippen LogP contribution in [0.15, 0.2) is 41.2 Å². The number of quaternary nitrogens is 1. The number of carbonyl (C=O) groups is 1. The quantitative estimate of drug-likeness (QED) is 0.581. The van der Waals surface area contributed by atoms with Gasteiger partial charge in [-0.2, -0.15) is 0 Å². The van der Waals surface area contributed by atoms with E-state index >= 15 is 0 Å². The summed E-state index contributed by atoms with van der Waals surface area (Å²) in [5, 5.41) is 2.67. The van der Waals surface area contributed by atoms with Crippen LogP contribution in [0.2, 0.25) is 0 Å². The number of hydrogen-bond donors (Lipinski definition) is 3. The van der Waals surface area contributed by atoms with Crippen molar-refractivity contribution in [1.29, 1.82) is 0 Å². The van der Waals surface area contributed by atoms with Gasteiger partial charge in [-0.05, 0) is 24.3 Å². The number of aromatic nitrogens is 2. The number of likely N-dealkylation sites (N-methyl/N-ethyl adjacent to an activating group) is 1. The molecule has 1 atom stereocenters. The molecule has 1 amide bonds. The number of aromatic amines is 1. The van der Waals surface area contributed by atoms with Crippen molar-refractivity contribution >= 4 is 22.5 Å². The topological polar surface area (TPSA) is 79.3 Å². The lowest BCUT2D eigenvalue weighted by Crippen LogP contribution is -3.08. The lowest BCUT2D eigenvalue weighted by molar-refractivity contribution is -0.885. The molecule has 1 unspecified atom stereocenters. The largest absolute Gasteiger partial charge is 0.323 e. The Kier molecular flexibility index (Phi) is 5.22. The maximum atomic E-state index is 13.6. The minimum atomic E-state index is -1.65. The van der Waals surface area contributed by atoms with Gasteiger partial charge in [-0.25, -0.2) is 18.2 Å². The van der Waals surface area contributed by atoms with Crippen LogP contribution in [-0.2, 0) is 11.3 Å². The fraction of sp³-hybridized carbons (Fsp3) is 0.167. The summed E-state index contributed by atoms with van der Waals surface area (Å²) in [6, 6.07) is 8.54. The van der Waals surface area contributed by atoms with Crippen molar-refractivity contribution in [1.82, 2.24) is 9.97 Å². The van der Waals surface area contributed by atoms with Crippen LogP contribution in [0.25, 0.3) is 10.9 Å². The standard InChI is InChI=1S/C18H15F3N4O2/c1-25(8-14-22-12-5-3-2-4-10(12)18(27)24-14)9-15(26)23-13-7-6-11(19)16(20)17(13)21/h2-7H,8-9H2,1H3,(H,23,26)(H,22,24,27)/p+1. The van der Waals surface area contributed by atoms with Gasteiger partial charge in [-0.1, -0.05) is 12.1 Å². The van der Waals surface area contributed by atoms with E-state index in [0.29, 0.717) is 21.6 Å². The number of H-pyrrole nitrogens is 1. The van der Waals surface area contributed by atoms with Gasteiger partial charge in [0.15, 0.2) is 29.8 Å². The van der Waals surface area contributed by atoms with E-state index in [1.807, 2.05) is 0 Å². The van der Waals surface area contributed by atoms with E-state index in [9.17, 15) is 22.8 Å². The van der Waals surface area contributed by atoms with Gasteiger partial charge in [0.05, 0.1) is 23.6 Å². The second-order valence-corrected chi connectivity index (χ2v) is 6.11. The summed E-state index contributed by atoms with van der Waals surface area (Å²) in [7, 11) is 1.68. The molecule has 0 fully saturated rings. The van der Waals surface area contributed by atoms with Crippen molar-refractivity contribution in [2.45, 2.75) is 6.54 Å². The molecule has 27 heavy (non-hydrogen) atoms. The van der Waals surface area contributed by atoms with Crippen molar-refractivity contribution in [2.75, 3.05) is 18.9 Å². The number of fused-ring (bicyclic) bond motifs is 1. The lowest BCUT2D eigenvalue weighted by atomic mass is 10.2. The van der Waals surface area contributed by atoms with Gasteiger partial charge < -0.3 is 15.2 Å². The summed E-state index contributed by atoms with van der Waals surface area (Å²) >= 11 is 0. The third-order valence-corrected chi connectivity index (χ3v) is 3.90. The summed E-state index contributed by atoms with van der Waals surface area (Å²) in [6.07, 6.45) is 0. The van der Waals surface area contributed by atoms with Crippen LogP contribution in [-0.4, -0.2) is 29.5 Å². The highest BCUT2D eigenvalue weighted by molar-refractivity contribution is 5.91. The summed E-state index contributed by atoms with van der Waals surface area (Å²) < 4.78 is 39.7. The van der Waals surface area contributed by atoms with Gasteiger partial charge in [-0.3, -0.25) is 9.59 Å². The number of anilines is 1. The predicted octanol–water partition coefficient (Wildman–Crippen LogP) is 0.994. The van der Waals surface area contributed by atoms with Gasteiger partial charge in [0.25, 0.3) is 11.5 Å². The van der Waals surface area contributed by atoms with Gasteiger partial charge in [-0.15, -0.1) is 0 Å². The summed E-state index contributed by atoms with van der Waals surface area (Å²) in [4.78, 5) is 31.7. The molecular weight excluding hydrogens is 361 g/mol. The molecule has 140 valence electrons. The number of amides is 1. The first-order chi connectivity index (χ1) is 12.8. The normalized spacial score (nSPS) is 12.1. The molecule has 1 aromatic heterocycles. The maximum Gasteiger partial charge on any atom is 0.279 e. The predicted molar refractivity (Wildman–Crippen MR) is 92.8 cm³/mol. The monoisotopic (exact) mass is 377 g/mol. The molecule has 0 saturated carbocycles. The highest BCUT2D eigenvalue weighted by atomic mass is 19.2. The van der Waals surface area contributed by atoms with Gasteiger partial charge in [0, 0.05) is 0 Å². The molecule has 3 aromatic rings. The zero-order valence-corrected chi connectivity index (χ0v) is 14.3. The SMILES string of the molecule is C[NH+](CC(=O)Nc1ccc(F)c(F)c1F)Cc1nc2ccccc2c(=O)[nH]1. The molecule has 0 spiro atoms. The Morgan fingerprint density at radius 2 is 1.89 bits per heavy atom.